The van der Waals surface area contributed by atoms with Gasteiger partial charge in [-0.1, -0.05) is 37.3 Å². The van der Waals surface area contributed by atoms with Crippen LogP contribution >= 0.6 is 11.3 Å². The molecule has 3 rings (SSSR count). The van der Waals surface area contributed by atoms with Gasteiger partial charge in [0.1, 0.15) is 10.6 Å². The Bertz CT molecular complexity index is 937. The second kappa shape index (κ2) is 8.67. The number of aromatic hydroxyl groups is 1. The molecule has 29 heavy (non-hydrogen) atoms. The molecule has 0 saturated carbocycles. The molecule has 1 aromatic heterocycles. The summed E-state index contributed by atoms with van der Waals surface area (Å²) in [6, 6.07) is 10.0. The van der Waals surface area contributed by atoms with Gasteiger partial charge in [0.25, 0.3) is 5.91 Å². The molecule has 0 saturated heterocycles. The number of nitrogens with zero attached hydrogens (tertiary/aromatic N) is 1. The van der Waals surface area contributed by atoms with Crippen LogP contribution in [0.25, 0.3) is 0 Å². The van der Waals surface area contributed by atoms with Crippen LogP contribution < -0.4 is 10.6 Å². The normalized spacial score (nSPS) is 17.0. The number of hydrogen-bond donors (Lipinski definition) is 4. The predicted molar refractivity (Wildman–Crippen MR) is 113 cm³/mol. The molecule has 4 N–H and O–H groups in total. The molecular weight excluding hydrogens is 390 g/mol. The van der Waals surface area contributed by atoms with Gasteiger partial charge in [-0.05, 0) is 18.4 Å². The molecule has 0 radical (unpaired) electrons. The lowest BCUT2D eigenvalue weighted by atomic mass is 9.93. The zero-order valence-electron chi connectivity index (χ0n) is 16.6. The highest BCUT2D eigenvalue weighted by Gasteiger charge is 2.39. The average Bonchev–Trinajstić information content (AvgIpc) is 3.09. The largest absolute Gasteiger partial charge is 0.504 e. The smallest absolute Gasteiger partial charge is 0.267 e. The summed E-state index contributed by atoms with van der Waals surface area (Å²) in [6.45, 7) is 2.03. The number of Topliss-reactive ketones (excluding diaryl/α,β-unsaturated/α-hetero) is 1. The molecule has 1 aliphatic carbocycles. The Balaban J connectivity index is 1.78. The Morgan fingerprint density at radius 1 is 1.28 bits per heavy atom. The maximum Gasteiger partial charge on any atom is 0.267 e. The molecule has 2 atom stereocenters. The quantitative estimate of drug-likeness (QED) is 0.528. The summed E-state index contributed by atoms with van der Waals surface area (Å²) in [5.41, 5.74) is 2.04. The molecule has 0 fully saturated rings. The number of carbonyl (C=O) groups excluding carboxylic acids is 2. The molecule has 0 spiro atoms. The third kappa shape index (κ3) is 4.28. The third-order valence-corrected chi connectivity index (χ3v) is 5.80. The zero-order valence-corrected chi connectivity index (χ0v) is 17.4. The fourth-order valence-corrected chi connectivity index (χ4v) is 4.00. The fraction of sp³-hybridized carbons (Fsp3) is 0.333. The Morgan fingerprint density at radius 3 is 2.59 bits per heavy atom. The van der Waals surface area contributed by atoms with Crippen molar-refractivity contribution in [1.82, 2.24) is 10.2 Å². The lowest BCUT2D eigenvalue weighted by Crippen LogP contribution is -2.48. The summed E-state index contributed by atoms with van der Waals surface area (Å²) in [4.78, 5) is 25.9. The summed E-state index contributed by atoms with van der Waals surface area (Å²) < 4.78 is 0. The van der Waals surface area contributed by atoms with Crippen LogP contribution in [-0.2, 0) is 11.2 Å². The lowest BCUT2D eigenvalue weighted by molar-refractivity contribution is -0.124. The van der Waals surface area contributed by atoms with Crippen molar-refractivity contribution in [3.8, 4) is 5.75 Å². The first kappa shape index (κ1) is 20.9. The van der Waals surface area contributed by atoms with E-state index in [1.54, 1.807) is 19.5 Å². The number of aliphatic hydroxyl groups excluding tert-OH is 1. The highest BCUT2D eigenvalue weighted by Crippen LogP contribution is 2.37. The fourth-order valence-electron chi connectivity index (χ4n) is 3.09. The van der Waals surface area contributed by atoms with Crippen molar-refractivity contribution in [3.63, 3.8) is 0 Å². The molecule has 1 unspecified atom stereocenters. The summed E-state index contributed by atoms with van der Waals surface area (Å²) in [6.07, 6.45) is 0.337. The number of amides is 1. The number of ketones is 1. The minimum atomic E-state index is -1.22. The number of carbonyl (C=O) groups is 2. The molecule has 7 nitrogen and oxygen atoms in total. The molecule has 1 heterocycles. The Morgan fingerprint density at radius 2 is 1.97 bits per heavy atom. The molecule has 1 aliphatic rings. The predicted octanol–water partition coefficient (Wildman–Crippen LogP) is 2.33. The van der Waals surface area contributed by atoms with E-state index in [9.17, 15) is 19.8 Å². The Kier molecular flexibility index (Phi) is 6.24. The maximum atomic E-state index is 12.2. The van der Waals surface area contributed by atoms with Gasteiger partial charge in [-0.25, -0.2) is 0 Å². The van der Waals surface area contributed by atoms with Crippen LogP contribution in [0.4, 0.5) is 5.69 Å². The second-order valence-electron chi connectivity index (χ2n) is 7.15. The summed E-state index contributed by atoms with van der Waals surface area (Å²) in [7, 11) is 3.20. The van der Waals surface area contributed by atoms with Crippen LogP contribution in [0.2, 0.25) is 0 Å². The van der Waals surface area contributed by atoms with Gasteiger partial charge in [-0.2, -0.15) is 0 Å². The van der Waals surface area contributed by atoms with Gasteiger partial charge in [0.15, 0.2) is 11.9 Å². The molecule has 0 bridgehead atoms. The van der Waals surface area contributed by atoms with Crippen LogP contribution in [0.1, 0.15) is 28.6 Å². The van der Waals surface area contributed by atoms with E-state index in [-0.39, 0.29) is 34.0 Å². The number of aliphatic hydroxyl groups is 1. The number of rotatable bonds is 8. The molecule has 2 aromatic rings. The van der Waals surface area contributed by atoms with Crippen LogP contribution in [-0.4, -0.2) is 53.0 Å². The van der Waals surface area contributed by atoms with Gasteiger partial charge >= 0.3 is 0 Å². The van der Waals surface area contributed by atoms with Crippen LogP contribution in [0.15, 0.2) is 47.1 Å². The van der Waals surface area contributed by atoms with E-state index < -0.39 is 11.9 Å². The van der Waals surface area contributed by atoms with E-state index in [2.05, 4.69) is 10.6 Å². The summed E-state index contributed by atoms with van der Waals surface area (Å²) in [5.74, 6) is -0.971. The van der Waals surface area contributed by atoms with Crippen molar-refractivity contribution in [1.29, 1.82) is 0 Å². The van der Waals surface area contributed by atoms with Crippen LogP contribution in [0.3, 0.4) is 0 Å². The SMILES string of the molecule is CC[C@@H](Cc1ccccc1)NC1=C(Nc2csc(C(=O)N(C)C)c2O)C(=O)C1O. The van der Waals surface area contributed by atoms with Crippen molar-refractivity contribution in [2.75, 3.05) is 19.4 Å². The standard InChI is InChI=1S/C21H25N3O4S/c1-4-13(10-12-8-6-5-7-9-12)22-15-16(19(27)18(15)26)23-14-11-29-20(17(14)25)21(28)24(2)3/h5-9,11,13,18,22-23,25-26H,4,10H2,1-3H3/t13-,18?/m0/s1. The van der Waals surface area contributed by atoms with Gasteiger partial charge in [0, 0.05) is 25.5 Å². The molecule has 0 aliphatic heterocycles. The van der Waals surface area contributed by atoms with E-state index in [1.165, 1.54) is 4.90 Å². The van der Waals surface area contributed by atoms with E-state index >= 15 is 0 Å². The highest BCUT2D eigenvalue weighted by molar-refractivity contribution is 7.13. The van der Waals surface area contributed by atoms with Crippen molar-refractivity contribution in [3.05, 3.63) is 57.5 Å². The van der Waals surface area contributed by atoms with Crippen molar-refractivity contribution >= 4 is 28.7 Å². The number of anilines is 1. The van der Waals surface area contributed by atoms with Crippen molar-refractivity contribution < 1.29 is 19.8 Å². The number of hydrogen-bond acceptors (Lipinski definition) is 7. The van der Waals surface area contributed by atoms with Gasteiger partial charge in [-0.15, -0.1) is 11.3 Å². The van der Waals surface area contributed by atoms with E-state index in [0.717, 1.165) is 29.7 Å². The number of benzene rings is 1. The van der Waals surface area contributed by atoms with Gasteiger partial charge in [0.2, 0.25) is 5.78 Å². The summed E-state index contributed by atoms with van der Waals surface area (Å²) >= 11 is 1.09. The van der Waals surface area contributed by atoms with Gasteiger partial charge < -0.3 is 25.7 Å². The highest BCUT2D eigenvalue weighted by atomic mass is 32.1. The van der Waals surface area contributed by atoms with Crippen LogP contribution in [0.5, 0.6) is 5.75 Å². The molecular formula is C21H25N3O4S. The van der Waals surface area contributed by atoms with E-state index in [4.69, 9.17) is 0 Å². The van der Waals surface area contributed by atoms with Gasteiger partial charge in [-0.3, -0.25) is 9.59 Å². The zero-order chi connectivity index (χ0) is 21.1. The van der Waals surface area contributed by atoms with Crippen molar-refractivity contribution in [2.45, 2.75) is 31.9 Å². The maximum absolute atomic E-state index is 12.2. The van der Waals surface area contributed by atoms with Crippen molar-refractivity contribution in [2.24, 2.45) is 0 Å². The number of thiophene rings is 1. The molecule has 154 valence electrons. The first-order chi connectivity index (χ1) is 13.8. The third-order valence-electron chi connectivity index (χ3n) is 4.84. The van der Waals surface area contributed by atoms with Crippen LogP contribution in [0, 0.1) is 0 Å². The minimum absolute atomic E-state index is 0.0360. The average molecular weight is 416 g/mol. The molecule has 1 amide bonds. The monoisotopic (exact) mass is 415 g/mol. The first-order valence-corrected chi connectivity index (χ1v) is 10.3. The minimum Gasteiger partial charge on any atom is -0.504 e. The topological polar surface area (TPSA) is 102 Å². The van der Waals surface area contributed by atoms with Gasteiger partial charge in [0.05, 0.1) is 11.4 Å². The Labute approximate surface area is 173 Å². The Hall–Kier alpha value is -2.84. The second-order valence-corrected chi connectivity index (χ2v) is 8.03. The molecule has 1 aromatic carbocycles. The number of nitrogens with one attached hydrogen (secondary N) is 2. The van der Waals surface area contributed by atoms with E-state index in [1.807, 2.05) is 37.3 Å². The van der Waals surface area contributed by atoms with E-state index in [0.29, 0.717) is 5.70 Å². The molecule has 8 heteroatoms. The first-order valence-electron chi connectivity index (χ1n) is 9.39. The summed E-state index contributed by atoms with van der Waals surface area (Å²) in [5, 5.41) is 28.2. The lowest BCUT2D eigenvalue weighted by Gasteiger charge is -2.32.